The van der Waals surface area contributed by atoms with E-state index in [-0.39, 0.29) is 36.0 Å². The molecule has 2 atom stereocenters. The third kappa shape index (κ3) is 8.28. The number of fused-ring (bicyclic) bond motifs is 2. The Bertz CT molecular complexity index is 1110. The summed E-state index contributed by atoms with van der Waals surface area (Å²) in [6.45, 7) is 13.8. The maximum Gasteiger partial charge on any atom is 0.414 e. The molecule has 4 rings (SSSR count). The van der Waals surface area contributed by atoms with Crippen LogP contribution >= 0.6 is 11.3 Å². The second-order valence-corrected chi connectivity index (χ2v) is 13.8. The van der Waals surface area contributed by atoms with E-state index < -0.39 is 23.4 Å². The zero-order valence-corrected chi connectivity index (χ0v) is 25.9. The molecule has 3 fully saturated rings. The summed E-state index contributed by atoms with van der Waals surface area (Å²) < 4.78 is 10.6. The Kier molecular flexibility index (Phi) is 9.42. The van der Waals surface area contributed by atoms with Crippen molar-refractivity contribution in [3.8, 4) is 0 Å². The number of rotatable bonds is 7. The Morgan fingerprint density at radius 2 is 1.61 bits per heavy atom. The molecule has 2 bridgehead atoms. The maximum absolute atomic E-state index is 13.0. The summed E-state index contributed by atoms with van der Waals surface area (Å²) in [5.41, 5.74) is -1.42. The van der Waals surface area contributed by atoms with E-state index in [1.807, 2.05) is 4.90 Å². The molecule has 4 amide bonds. The molecule has 2 N–H and O–H groups in total. The largest absolute Gasteiger partial charge is 0.444 e. The Balaban J connectivity index is 1.36. The number of nitrogens with zero attached hydrogens (tertiary/aromatic N) is 5. The van der Waals surface area contributed by atoms with Crippen LogP contribution in [0.15, 0.2) is 4.99 Å². The SMILES string of the molecule is CCCCON1C(=O)N2C[C@@H]1CC[C@H]2c1nnc(C2CC(N=C(NC(=O)OC(C)(C)C)NC(=O)OC(C)(C)C)C2)s1. The molecule has 0 unspecified atom stereocenters. The van der Waals surface area contributed by atoms with Crippen LogP contribution in [0.25, 0.3) is 0 Å². The molecular formula is C27H43N7O6S. The lowest BCUT2D eigenvalue weighted by Gasteiger charge is -2.31. The molecule has 2 aliphatic heterocycles. The van der Waals surface area contributed by atoms with Crippen molar-refractivity contribution in [3.63, 3.8) is 0 Å². The van der Waals surface area contributed by atoms with Gasteiger partial charge >= 0.3 is 18.2 Å². The van der Waals surface area contributed by atoms with Gasteiger partial charge in [0.2, 0.25) is 5.96 Å². The Morgan fingerprint density at radius 1 is 1.00 bits per heavy atom. The van der Waals surface area contributed by atoms with Crippen LogP contribution in [0.2, 0.25) is 0 Å². The standard InChI is InChI=1S/C27H43N7O6S/c1-8-9-12-38-34-18-10-11-19(33(15-18)25(34)37)21-32-31-20(41-21)16-13-17(14-16)28-22(29-23(35)39-26(2,3)4)30-24(36)40-27(5,6)7/h16-19H,8-15H2,1-7H3,(H2,28,29,30,35,36)/t16?,17?,18-,19-/m0/s1. The molecule has 0 spiro atoms. The van der Waals surface area contributed by atoms with Gasteiger partial charge < -0.3 is 14.4 Å². The average Bonchev–Trinajstić information content (AvgIpc) is 3.38. The van der Waals surface area contributed by atoms with Gasteiger partial charge in [0.1, 0.15) is 21.2 Å². The van der Waals surface area contributed by atoms with Gasteiger partial charge in [0.05, 0.1) is 24.7 Å². The molecule has 1 aromatic heterocycles. The number of ether oxygens (including phenoxy) is 2. The number of carbonyl (C=O) groups excluding carboxylic acids is 3. The summed E-state index contributed by atoms with van der Waals surface area (Å²) in [7, 11) is 0. The molecular weight excluding hydrogens is 550 g/mol. The molecule has 14 heteroatoms. The van der Waals surface area contributed by atoms with Crippen LogP contribution in [0.1, 0.15) is 109 Å². The highest BCUT2D eigenvalue weighted by atomic mass is 32.1. The van der Waals surface area contributed by atoms with Gasteiger partial charge in [-0.05, 0) is 73.6 Å². The van der Waals surface area contributed by atoms with Gasteiger partial charge in [0.25, 0.3) is 0 Å². The minimum absolute atomic E-state index is 0.0232. The number of hydroxylamine groups is 2. The summed E-state index contributed by atoms with van der Waals surface area (Å²) in [6.07, 6.45) is 3.54. The molecule has 1 aliphatic carbocycles. The highest BCUT2D eigenvalue weighted by Crippen LogP contribution is 2.44. The zero-order chi connectivity index (χ0) is 29.9. The highest BCUT2D eigenvalue weighted by Gasteiger charge is 2.47. The summed E-state index contributed by atoms with van der Waals surface area (Å²) in [4.78, 5) is 49.9. The van der Waals surface area contributed by atoms with E-state index >= 15 is 0 Å². The van der Waals surface area contributed by atoms with Crippen molar-refractivity contribution < 1.29 is 28.7 Å². The number of amides is 4. The summed E-state index contributed by atoms with van der Waals surface area (Å²) in [5, 5.41) is 17.3. The molecule has 3 heterocycles. The number of hydrogen-bond donors (Lipinski definition) is 2. The van der Waals surface area contributed by atoms with Crippen LogP contribution in [0.4, 0.5) is 14.4 Å². The Morgan fingerprint density at radius 3 is 2.20 bits per heavy atom. The number of alkyl carbamates (subject to hydrolysis) is 2. The molecule has 1 saturated carbocycles. The Hall–Kier alpha value is -3.00. The fourth-order valence-corrected chi connectivity index (χ4v) is 6.00. The lowest BCUT2D eigenvalue weighted by Crippen LogP contribution is -2.48. The number of urea groups is 1. The van der Waals surface area contributed by atoms with Crippen molar-refractivity contribution in [3.05, 3.63) is 10.0 Å². The van der Waals surface area contributed by atoms with E-state index in [2.05, 4.69) is 32.7 Å². The predicted molar refractivity (Wildman–Crippen MR) is 152 cm³/mol. The van der Waals surface area contributed by atoms with Crippen molar-refractivity contribution in [1.82, 2.24) is 30.8 Å². The normalized spacial score (nSPS) is 24.0. The van der Waals surface area contributed by atoms with Crippen molar-refractivity contribution in [2.24, 2.45) is 4.99 Å². The number of hydrogen-bond acceptors (Lipinski definition) is 10. The zero-order valence-electron chi connectivity index (χ0n) is 25.1. The topological polar surface area (TPSA) is 148 Å². The summed E-state index contributed by atoms with van der Waals surface area (Å²) >= 11 is 1.54. The Labute approximate surface area is 245 Å². The molecule has 2 saturated heterocycles. The third-order valence-electron chi connectivity index (χ3n) is 6.81. The van der Waals surface area contributed by atoms with Crippen LogP contribution in [0.5, 0.6) is 0 Å². The molecule has 0 aromatic carbocycles. The van der Waals surface area contributed by atoms with Crippen molar-refractivity contribution in [2.75, 3.05) is 13.2 Å². The smallest absolute Gasteiger partial charge is 0.414 e. The van der Waals surface area contributed by atoms with E-state index in [0.29, 0.717) is 26.0 Å². The number of guanidine groups is 1. The lowest BCUT2D eigenvalue weighted by atomic mass is 9.81. The summed E-state index contributed by atoms with van der Waals surface area (Å²) in [5.74, 6) is 0.128. The second-order valence-electron chi connectivity index (χ2n) is 12.7. The van der Waals surface area contributed by atoms with Crippen LogP contribution < -0.4 is 10.6 Å². The first-order chi connectivity index (χ1) is 19.2. The molecule has 0 radical (unpaired) electrons. The van der Waals surface area contributed by atoms with E-state index in [4.69, 9.17) is 14.3 Å². The second kappa shape index (κ2) is 12.5. The monoisotopic (exact) mass is 593 g/mol. The van der Waals surface area contributed by atoms with Gasteiger partial charge in [-0.2, -0.15) is 5.06 Å². The fourth-order valence-electron chi connectivity index (χ4n) is 4.88. The maximum atomic E-state index is 13.0. The first kappa shape index (κ1) is 30.9. The molecule has 13 nitrogen and oxygen atoms in total. The van der Waals surface area contributed by atoms with Crippen LogP contribution in [0.3, 0.4) is 0 Å². The minimum Gasteiger partial charge on any atom is -0.444 e. The number of aromatic nitrogens is 2. The van der Waals surface area contributed by atoms with Crippen molar-refractivity contribution >= 4 is 35.5 Å². The van der Waals surface area contributed by atoms with E-state index in [9.17, 15) is 14.4 Å². The molecule has 3 aliphatic rings. The van der Waals surface area contributed by atoms with Crippen LogP contribution in [0, 0.1) is 0 Å². The minimum atomic E-state index is -0.725. The van der Waals surface area contributed by atoms with Crippen molar-refractivity contribution in [2.45, 2.75) is 122 Å². The number of piperidine rings is 1. The number of carbonyl (C=O) groups is 3. The van der Waals surface area contributed by atoms with Crippen LogP contribution in [-0.2, 0) is 14.3 Å². The molecule has 228 valence electrons. The van der Waals surface area contributed by atoms with Gasteiger partial charge in [0.15, 0.2) is 0 Å². The molecule has 41 heavy (non-hydrogen) atoms. The van der Waals surface area contributed by atoms with E-state index in [1.165, 1.54) is 11.3 Å². The predicted octanol–water partition coefficient (Wildman–Crippen LogP) is 4.86. The van der Waals surface area contributed by atoms with Gasteiger partial charge in [0, 0.05) is 12.5 Å². The fraction of sp³-hybridized carbons (Fsp3) is 0.778. The lowest BCUT2D eigenvalue weighted by molar-refractivity contribution is -0.130. The average molecular weight is 594 g/mol. The van der Waals surface area contributed by atoms with Gasteiger partial charge in [-0.25, -0.2) is 19.4 Å². The van der Waals surface area contributed by atoms with E-state index in [0.717, 1.165) is 35.7 Å². The highest BCUT2D eigenvalue weighted by molar-refractivity contribution is 7.11. The number of nitrogens with one attached hydrogen (secondary N) is 2. The van der Waals surface area contributed by atoms with Gasteiger partial charge in [-0.15, -0.1) is 10.2 Å². The number of unbranched alkanes of at least 4 members (excludes halogenated alkanes) is 1. The third-order valence-corrected chi connectivity index (χ3v) is 7.99. The van der Waals surface area contributed by atoms with Crippen LogP contribution in [-0.4, -0.2) is 80.8 Å². The number of aliphatic imine (C=N–C) groups is 1. The summed E-state index contributed by atoms with van der Waals surface area (Å²) in [6, 6.07) is -0.241. The molecule has 1 aromatic rings. The van der Waals surface area contributed by atoms with Crippen molar-refractivity contribution in [1.29, 1.82) is 0 Å². The van der Waals surface area contributed by atoms with E-state index in [1.54, 1.807) is 46.6 Å². The first-order valence-corrected chi connectivity index (χ1v) is 15.2. The van der Waals surface area contributed by atoms with Gasteiger partial charge in [-0.3, -0.25) is 15.5 Å². The first-order valence-electron chi connectivity index (χ1n) is 14.4. The van der Waals surface area contributed by atoms with Gasteiger partial charge in [-0.1, -0.05) is 24.7 Å². The quantitative estimate of drug-likeness (QED) is 0.259.